The predicted molar refractivity (Wildman–Crippen MR) is 106 cm³/mol. The highest BCUT2D eigenvalue weighted by molar-refractivity contribution is 6.27. The molecule has 156 valence electrons. The summed E-state index contributed by atoms with van der Waals surface area (Å²) in [4.78, 5) is 49.6. The van der Waals surface area contributed by atoms with Gasteiger partial charge in [0.1, 0.15) is 5.76 Å². The van der Waals surface area contributed by atoms with Gasteiger partial charge in [-0.1, -0.05) is 37.8 Å². The molecule has 0 saturated heterocycles. The molecule has 0 amide bonds. The maximum atomic E-state index is 12.6. The lowest BCUT2D eigenvalue weighted by atomic mass is 9.88. The quantitative estimate of drug-likeness (QED) is 0.239. The largest absolute Gasteiger partial charge is 0.462 e. The molecule has 1 aromatic carbocycles. The zero-order valence-corrected chi connectivity index (χ0v) is 17.1. The van der Waals surface area contributed by atoms with Gasteiger partial charge in [-0.25, -0.2) is 0 Å². The monoisotopic (exact) mass is 410 g/mol. The highest BCUT2D eigenvalue weighted by Gasteiger charge is 2.34. The number of esters is 1. The summed E-state index contributed by atoms with van der Waals surface area (Å²) in [5.41, 5.74) is -0.0544. The molecule has 0 atom stereocenters. The SMILES string of the molecule is C=C(CC(=O)c1cc2c(o1)C(=O)c1ccccc1C2=O)OCOC(=O)C(C)(C)CC. The van der Waals surface area contributed by atoms with Crippen molar-refractivity contribution in [2.45, 2.75) is 33.6 Å². The Hall–Kier alpha value is -3.48. The Morgan fingerprint density at radius 1 is 1.03 bits per heavy atom. The second kappa shape index (κ2) is 8.10. The molecule has 1 aliphatic rings. The summed E-state index contributed by atoms with van der Waals surface area (Å²) < 4.78 is 15.7. The first-order chi connectivity index (χ1) is 14.2. The minimum Gasteiger partial charge on any atom is -0.462 e. The number of allylic oxidation sites excluding steroid dienone is 1. The van der Waals surface area contributed by atoms with Crippen LogP contribution in [-0.4, -0.2) is 30.1 Å². The van der Waals surface area contributed by atoms with Gasteiger partial charge in [0.2, 0.25) is 18.4 Å². The van der Waals surface area contributed by atoms with E-state index in [9.17, 15) is 19.2 Å². The number of hydrogen-bond donors (Lipinski definition) is 0. The van der Waals surface area contributed by atoms with Crippen LogP contribution in [0.3, 0.4) is 0 Å². The molecular formula is C23H22O7. The van der Waals surface area contributed by atoms with Crippen molar-refractivity contribution in [2.24, 2.45) is 5.41 Å². The normalized spacial score (nSPS) is 12.8. The molecule has 7 heteroatoms. The molecular weight excluding hydrogens is 388 g/mol. The first-order valence-electron chi connectivity index (χ1n) is 9.49. The Bertz CT molecular complexity index is 1000. The van der Waals surface area contributed by atoms with Crippen LogP contribution < -0.4 is 0 Å². The zero-order valence-electron chi connectivity index (χ0n) is 17.1. The Kier molecular flexibility index (Phi) is 5.73. The lowest BCUT2D eigenvalue weighted by Gasteiger charge is -2.20. The fraction of sp³-hybridized carbons (Fsp3) is 0.304. The standard InChI is InChI=1S/C23H22O7/c1-5-23(3,4)22(27)29-12-28-13(2)10-17(24)18-11-16-19(25)14-8-6-7-9-15(14)20(26)21(16)30-18/h6-9,11H,2,5,10,12H2,1,3-4H3. The van der Waals surface area contributed by atoms with Gasteiger partial charge in [0.05, 0.1) is 17.4 Å². The fourth-order valence-electron chi connectivity index (χ4n) is 2.84. The first-order valence-corrected chi connectivity index (χ1v) is 9.49. The van der Waals surface area contributed by atoms with Crippen molar-refractivity contribution in [3.8, 4) is 0 Å². The third-order valence-electron chi connectivity index (χ3n) is 5.12. The summed E-state index contributed by atoms with van der Waals surface area (Å²) in [6.45, 7) is 8.65. The molecule has 1 aliphatic carbocycles. The van der Waals surface area contributed by atoms with Crippen LogP contribution in [0.2, 0.25) is 0 Å². The number of ketones is 3. The van der Waals surface area contributed by atoms with Gasteiger partial charge >= 0.3 is 5.97 Å². The van der Waals surface area contributed by atoms with E-state index in [-0.39, 0.29) is 53.0 Å². The van der Waals surface area contributed by atoms with Crippen molar-refractivity contribution in [1.29, 1.82) is 0 Å². The minimum absolute atomic E-state index is 0.0595. The summed E-state index contributed by atoms with van der Waals surface area (Å²) >= 11 is 0. The van der Waals surface area contributed by atoms with Gasteiger partial charge in [-0.15, -0.1) is 0 Å². The van der Waals surface area contributed by atoms with Crippen LogP contribution in [0.25, 0.3) is 0 Å². The molecule has 0 bridgehead atoms. The van der Waals surface area contributed by atoms with Gasteiger partial charge < -0.3 is 13.9 Å². The molecule has 0 spiro atoms. The second-order valence-corrected chi connectivity index (χ2v) is 7.63. The van der Waals surface area contributed by atoms with Gasteiger partial charge in [0.25, 0.3) is 0 Å². The Morgan fingerprint density at radius 3 is 2.30 bits per heavy atom. The number of rotatable bonds is 8. The smallest absolute Gasteiger partial charge is 0.314 e. The van der Waals surface area contributed by atoms with Crippen molar-refractivity contribution in [3.05, 3.63) is 70.9 Å². The lowest BCUT2D eigenvalue weighted by molar-refractivity contribution is -0.163. The molecule has 1 aromatic heterocycles. The van der Waals surface area contributed by atoms with Gasteiger partial charge in [-0.3, -0.25) is 19.2 Å². The van der Waals surface area contributed by atoms with E-state index in [4.69, 9.17) is 13.9 Å². The third-order valence-corrected chi connectivity index (χ3v) is 5.12. The second-order valence-electron chi connectivity index (χ2n) is 7.63. The lowest BCUT2D eigenvalue weighted by Crippen LogP contribution is -2.26. The van der Waals surface area contributed by atoms with E-state index in [1.165, 1.54) is 6.07 Å². The molecule has 0 saturated carbocycles. The van der Waals surface area contributed by atoms with Crippen LogP contribution in [0.5, 0.6) is 0 Å². The van der Waals surface area contributed by atoms with Crippen LogP contribution in [0.4, 0.5) is 0 Å². The number of furan rings is 1. The third kappa shape index (κ3) is 3.96. The van der Waals surface area contributed by atoms with Gasteiger partial charge in [0, 0.05) is 11.1 Å². The summed E-state index contributed by atoms with van der Waals surface area (Å²) in [6.07, 6.45) is 0.353. The number of carbonyl (C=O) groups excluding carboxylic acids is 4. The van der Waals surface area contributed by atoms with Crippen LogP contribution in [0.15, 0.2) is 47.1 Å². The van der Waals surface area contributed by atoms with Crippen LogP contribution in [0, 0.1) is 5.41 Å². The van der Waals surface area contributed by atoms with E-state index in [1.807, 2.05) is 6.92 Å². The topological polar surface area (TPSA) is 99.9 Å². The van der Waals surface area contributed by atoms with Crippen molar-refractivity contribution in [3.63, 3.8) is 0 Å². The minimum atomic E-state index is -0.635. The van der Waals surface area contributed by atoms with E-state index < -0.39 is 23.0 Å². The Labute approximate surface area is 173 Å². The van der Waals surface area contributed by atoms with Gasteiger partial charge in [0.15, 0.2) is 17.3 Å². The molecule has 0 aliphatic heterocycles. The van der Waals surface area contributed by atoms with E-state index >= 15 is 0 Å². The molecule has 0 unspecified atom stereocenters. The maximum absolute atomic E-state index is 12.6. The molecule has 2 aromatic rings. The molecule has 30 heavy (non-hydrogen) atoms. The predicted octanol–water partition coefficient (Wildman–Crippen LogP) is 4.10. The molecule has 0 radical (unpaired) electrons. The zero-order chi connectivity index (χ0) is 22.1. The summed E-state index contributed by atoms with van der Waals surface area (Å²) in [5.74, 6) is -1.97. The van der Waals surface area contributed by atoms with Crippen LogP contribution >= 0.6 is 0 Å². The van der Waals surface area contributed by atoms with E-state index in [0.29, 0.717) is 6.42 Å². The van der Waals surface area contributed by atoms with Crippen LogP contribution in [-0.2, 0) is 14.3 Å². The van der Waals surface area contributed by atoms with E-state index in [2.05, 4.69) is 6.58 Å². The molecule has 0 N–H and O–H groups in total. The number of carbonyl (C=O) groups is 4. The van der Waals surface area contributed by atoms with Gasteiger partial charge in [-0.2, -0.15) is 0 Å². The van der Waals surface area contributed by atoms with Crippen molar-refractivity contribution >= 4 is 23.3 Å². The number of benzene rings is 1. The molecule has 0 fully saturated rings. The molecule has 3 rings (SSSR count). The van der Waals surface area contributed by atoms with Crippen molar-refractivity contribution < 1.29 is 33.1 Å². The first kappa shape index (κ1) is 21.2. The average Bonchev–Trinajstić information content (AvgIpc) is 3.18. The van der Waals surface area contributed by atoms with E-state index in [0.717, 1.165) is 0 Å². The summed E-state index contributed by atoms with van der Waals surface area (Å²) in [7, 11) is 0. The van der Waals surface area contributed by atoms with Crippen molar-refractivity contribution in [1.82, 2.24) is 0 Å². The van der Waals surface area contributed by atoms with Crippen LogP contribution in [0.1, 0.15) is 76.2 Å². The summed E-state index contributed by atoms with van der Waals surface area (Å²) in [6, 6.07) is 7.69. The summed E-state index contributed by atoms with van der Waals surface area (Å²) in [5, 5.41) is 0. The number of hydrogen-bond acceptors (Lipinski definition) is 7. The highest BCUT2D eigenvalue weighted by Crippen LogP contribution is 2.30. The Balaban J connectivity index is 1.64. The number of fused-ring (bicyclic) bond motifs is 2. The maximum Gasteiger partial charge on any atom is 0.314 e. The van der Waals surface area contributed by atoms with Crippen molar-refractivity contribution in [2.75, 3.05) is 6.79 Å². The highest BCUT2D eigenvalue weighted by atomic mass is 16.7. The Morgan fingerprint density at radius 2 is 1.67 bits per heavy atom. The molecule has 1 heterocycles. The fourth-order valence-corrected chi connectivity index (χ4v) is 2.84. The van der Waals surface area contributed by atoms with E-state index in [1.54, 1.807) is 38.1 Å². The number of Topliss-reactive ketones (excluding diaryl/α,β-unsaturated/α-hetero) is 1. The molecule has 7 nitrogen and oxygen atoms in total. The number of ether oxygens (including phenoxy) is 2. The average molecular weight is 410 g/mol. The van der Waals surface area contributed by atoms with Gasteiger partial charge in [-0.05, 0) is 26.3 Å².